The van der Waals surface area contributed by atoms with Crippen molar-refractivity contribution >= 4 is 52.2 Å². The molecule has 2 aromatic rings. The van der Waals surface area contributed by atoms with E-state index in [0.29, 0.717) is 15.6 Å². The summed E-state index contributed by atoms with van der Waals surface area (Å²) in [6.45, 7) is 0.143. The van der Waals surface area contributed by atoms with Crippen molar-refractivity contribution in [2.24, 2.45) is 0 Å². The third-order valence-corrected chi connectivity index (χ3v) is 5.08. The molecule has 134 valence electrons. The standard InChI is InChI=1S/C18H13Cl2NO4S/c1-25-14-8-13(20)6-11(16(14)22)7-15-17(23)21(18(24)26-15)9-10-2-4-12(19)5-3-10/h2-8,22H,9H2,1H3/b15-7-. The summed E-state index contributed by atoms with van der Waals surface area (Å²) >= 11 is 12.7. The Labute approximate surface area is 164 Å². The van der Waals surface area contributed by atoms with Gasteiger partial charge in [-0.2, -0.15) is 0 Å². The zero-order valence-electron chi connectivity index (χ0n) is 13.5. The number of carbonyl (C=O) groups is 2. The molecule has 0 aromatic heterocycles. The van der Waals surface area contributed by atoms with Crippen LogP contribution in [0.4, 0.5) is 4.79 Å². The summed E-state index contributed by atoms with van der Waals surface area (Å²) < 4.78 is 5.05. The second kappa shape index (κ2) is 7.61. The van der Waals surface area contributed by atoms with Crippen LogP contribution in [0.2, 0.25) is 10.0 Å². The van der Waals surface area contributed by atoms with Gasteiger partial charge in [-0.1, -0.05) is 35.3 Å². The zero-order valence-corrected chi connectivity index (χ0v) is 15.9. The van der Waals surface area contributed by atoms with Crippen LogP contribution >= 0.6 is 35.0 Å². The maximum atomic E-state index is 12.6. The number of rotatable bonds is 4. The van der Waals surface area contributed by atoms with Crippen molar-refractivity contribution < 1.29 is 19.4 Å². The normalized spacial score (nSPS) is 15.8. The highest BCUT2D eigenvalue weighted by Crippen LogP contribution is 2.38. The molecule has 0 saturated carbocycles. The summed E-state index contributed by atoms with van der Waals surface area (Å²) in [6, 6.07) is 9.85. The van der Waals surface area contributed by atoms with Crippen LogP contribution in [0.3, 0.4) is 0 Å². The van der Waals surface area contributed by atoms with E-state index in [-0.39, 0.29) is 28.2 Å². The lowest BCUT2D eigenvalue weighted by molar-refractivity contribution is -0.123. The number of phenols is 1. The fourth-order valence-electron chi connectivity index (χ4n) is 2.41. The molecule has 1 heterocycles. The van der Waals surface area contributed by atoms with Crippen LogP contribution < -0.4 is 4.74 Å². The molecule has 0 radical (unpaired) electrons. The molecule has 0 spiro atoms. The number of hydrogen-bond donors (Lipinski definition) is 1. The maximum absolute atomic E-state index is 12.6. The molecule has 0 aliphatic carbocycles. The van der Waals surface area contributed by atoms with Gasteiger partial charge in [0.25, 0.3) is 11.1 Å². The van der Waals surface area contributed by atoms with Gasteiger partial charge in [-0.25, -0.2) is 0 Å². The highest BCUT2D eigenvalue weighted by molar-refractivity contribution is 8.18. The average Bonchev–Trinajstić information content (AvgIpc) is 2.87. The van der Waals surface area contributed by atoms with Gasteiger partial charge in [-0.15, -0.1) is 0 Å². The minimum atomic E-state index is -0.437. The second-order valence-corrected chi connectivity index (χ2v) is 7.31. The van der Waals surface area contributed by atoms with E-state index in [9.17, 15) is 14.7 Å². The largest absolute Gasteiger partial charge is 0.504 e. The molecule has 8 heteroatoms. The predicted octanol–water partition coefficient (Wildman–Crippen LogP) is 4.94. The van der Waals surface area contributed by atoms with E-state index in [2.05, 4.69) is 0 Å². The van der Waals surface area contributed by atoms with Gasteiger partial charge in [0.2, 0.25) is 0 Å². The van der Waals surface area contributed by atoms with E-state index >= 15 is 0 Å². The van der Waals surface area contributed by atoms with Crippen LogP contribution in [-0.4, -0.2) is 28.3 Å². The Balaban J connectivity index is 1.88. The van der Waals surface area contributed by atoms with E-state index in [1.54, 1.807) is 24.3 Å². The lowest BCUT2D eigenvalue weighted by Crippen LogP contribution is -2.27. The highest BCUT2D eigenvalue weighted by atomic mass is 35.5. The molecule has 0 unspecified atom stereocenters. The average molecular weight is 410 g/mol. The summed E-state index contributed by atoms with van der Waals surface area (Å²) in [7, 11) is 1.40. The lowest BCUT2D eigenvalue weighted by Gasteiger charge is -2.12. The molecular formula is C18H13Cl2NO4S. The molecule has 1 aliphatic heterocycles. The van der Waals surface area contributed by atoms with E-state index in [0.717, 1.165) is 22.2 Å². The van der Waals surface area contributed by atoms with Crippen molar-refractivity contribution in [1.82, 2.24) is 4.90 Å². The fraction of sp³-hybridized carbons (Fsp3) is 0.111. The minimum Gasteiger partial charge on any atom is -0.504 e. The van der Waals surface area contributed by atoms with Crippen LogP contribution in [0.5, 0.6) is 11.5 Å². The molecule has 5 nitrogen and oxygen atoms in total. The molecule has 1 N–H and O–H groups in total. The molecule has 0 bridgehead atoms. The first kappa shape index (κ1) is 18.6. The molecule has 26 heavy (non-hydrogen) atoms. The summed E-state index contributed by atoms with van der Waals surface area (Å²) in [6.07, 6.45) is 1.43. The van der Waals surface area contributed by atoms with Crippen molar-refractivity contribution in [2.75, 3.05) is 7.11 Å². The summed E-state index contributed by atoms with van der Waals surface area (Å²) in [5, 5.41) is 10.7. The number of halogens is 2. The Kier molecular flexibility index (Phi) is 5.46. The van der Waals surface area contributed by atoms with Crippen LogP contribution in [0.25, 0.3) is 6.08 Å². The van der Waals surface area contributed by atoms with Crippen molar-refractivity contribution in [3.05, 3.63) is 62.5 Å². The second-order valence-electron chi connectivity index (χ2n) is 5.44. The van der Waals surface area contributed by atoms with Crippen molar-refractivity contribution in [3.63, 3.8) is 0 Å². The van der Waals surface area contributed by atoms with Crippen molar-refractivity contribution in [2.45, 2.75) is 6.54 Å². The predicted molar refractivity (Wildman–Crippen MR) is 103 cm³/mol. The van der Waals surface area contributed by atoms with Gasteiger partial charge >= 0.3 is 0 Å². The molecule has 0 atom stereocenters. The smallest absolute Gasteiger partial charge is 0.293 e. The molecule has 1 fully saturated rings. The Morgan fingerprint density at radius 1 is 1.15 bits per heavy atom. The van der Waals surface area contributed by atoms with Gasteiger partial charge in [0.05, 0.1) is 18.6 Å². The Morgan fingerprint density at radius 3 is 2.50 bits per heavy atom. The quantitative estimate of drug-likeness (QED) is 0.723. The van der Waals surface area contributed by atoms with Crippen LogP contribution in [0.1, 0.15) is 11.1 Å². The number of hydrogen-bond acceptors (Lipinski definition) is 5. The molecule has 1 saturated heterocycles. The summed E-state index contributed by atoms with van der Waals surface area (Å²) in [5.41, 5.74) is 1.08. The Morgan fingerprint density at radius 2 is 1.85 bits per heavy atom. The number of methoxy groups -OCH3 is 1. The molecule has 2 amide bonds. The minimum absolute atomic E-state index is 0.143. The first-order chi connectivity index (χ1) is 12.4. The fourth-order valence-corrected chi connectivity index (χ4v) is 3.58. The van der Waals surface area contributed by atoms with E-state index in [4.69, 9.17) is 27.9 Å². The van der Waals surface area contributed by atoms with Gasteiger partial charge in [-0.3, -0.25) is 14.5 Å². The van der Waals surface area contributed by atoms with Gasteiger partial charge in [0.1, 0.15) is 0 Å². The monoisotopic (exact) mass is 409 g/mol. The third kappa shape index (κ3) is 3.82. The van der Waals surface area contributed by atoms with Gasteiger partial charge in [0, 0.05) is 21.7 Å². The Hall–Kier alpha value is -2.15. The number of amides is 2. The van der Waals surface area contributed by atoms with Gasteiger partial charge < -0.3 is 9.84 Å². The number of phenolic OH excluding ortho intramolecular Hbond substituents is 1. The van der Waals surface area contributed by atoms with Gasteiger partial charge in [0.15, 0.2) is 11.5 Å². The highest BCUT2D eigenvalue weighted by Gasteiger charge is 2.35. The first-order valence-electron chi connectivity index (χ1n) is 7.45. The van der Waals surface area contributed by atoms with E-state index in [1.165, 1.54) is 25.3 Å². The summed E-state index contributed by atoms with van der Waals surface area (Å²) in [4.78, 5) is 26.1. The molecule has 3 rings (SSSR count). The zero-order chi connectivity index (χ0) is 18.8. The number of thioether (sulfide) groups is 1. The Bertz CT molecular complexity index is 912. The first-order valence-corrected chi connectivity index (χ1v) is 9.02. The molecule has 1 aliphatic rings. The molecule has 2 aromatic carbocycles. The van der Waals surface area contributed by atoms with E-state index < -0.39 is 5.91 Å². The SMILES string of the molecule is COc1cc(Cl)cc(/C=C2\SC(=O)N(Cc3ccc(Cl)cc3)C2=O)c1O. The number of nitrogens with zero attached hydrogens (tertiary/aromatic N) is 1. The van der Waals surface area contributed by atoms with Crippen LogP contribution in [0, 0.1) is 0 Å². The number of ether oxygens (including phenoxy) is 1. The number of aromatic hydroxyl groups is 1. The maximum Gasteiger partial charge on any atom is 0.293 e. The van der Waals surface area contributed by atoms with Crippen LogP contribution in [-0.2, 0) is 11.3 Å². The topological polar surface area (TPSA) is 66.8 Å². The third-order valence-electron chi connectivity index (χ3n) is 3.70. The van der Waals surface area contributed by atoms with Gasteiger partial charge in [-0.05, 0) is 41.6 Å². The number of benzene rings is 2. The summed E-state index contributed by atoms with van der Waals surface area (Å²) in [5.74, 6) is -0.404. The van der Waals surface area contributed by atoms with Crippen molar-refractivity contribution in [3.8, 4) is 11.5 Å². The van der Waals surface area contributed by atoms with Crippen molar-refractivity contribution in [1.29, 1.82) is 0 Å². The van der Waals surface area contributed by atoms with E-state index in [1.807, 2.05) is 0 Å². The number of carbonyl (C=O) groups excluding carboxylic acids is 2. The molecular weight excluding hydrogens is 397 g/mol. The van der Waals surface area contributed by atoms with Crippen LogP contribution in [0.15, 0.2) is 41.3 Å². The number of imide groups is 1. The lowest BCUT2D eigenvalue weighted by atomic mass is 10.1.